The van der Waals surface area contributed by atoms with Gasteiger partial charge < -0.3 is 4.57 Å². The number of rotatable bonds is 4. The monoisotopic (exact) mass is 238 g/mol. The van der Waals surface area contributed by atoms with Crippen molar-refractivity contribution in [1.29, 1.82) is 10.5 Å². The van der Waals surface area contributed by atoms with Crippen LogP contribution < -0.4 is 0 Å². The van der Waals surface area contributed by atoms with Crippen LogP contribution in [0.1, 0.15) is 18.7 Å². The first-order valence-electron chi connectivity index (χ1n) is 5.94. The van der Waals surface area contributed by atoms with Crippen molar-refractivity contribution in [1.82, 2.24) is 9.55 Å². The van der Waals surface area contributed by atoms with Gasteiger partial charge in [0, 0.05) is 13.0 Å². The lowest BCUT2D eigenvalue weighted by atomic mass is 10.1. The Morgan fingerprint density at radius 1 is 1.33 bits per heavy atom. The van der Waals surface area contributed by atoms with Gasteiger partial charge in [-0.1, -0.05) is 12.1 Å². The Balaban J connectivity index is 2.28. The van der Waals surface area contributed by atoms with Gasteiger partial charge in [-0.2, -0.15) is 10.5 Å². The fourth-order valence-corrected chi connectivity index (χ4v) is 2.08. The molecule has 0 aliphatic rings. The highest BCUT2D eigenvalue weighted by Gasteiger charge is 2.13. The maximum Gasteiger partial charge on any atom is 0.106 e. The summed E-state index contributed by atoms with van der Waals surface area (Å²) in [5, 5.41) is 17.7. The number of aromatic nitrogens is 2. The summed E-state index contributed by atoms with van der Waals surface area (Å²) in [5.74, 6) is 0.773. The zero-order chi connectivity index (χ0) is 13.0. The van der Waals surface area contributed by atoms with Gasteiger partial charge in [-0.05, 0) is 25.5 Å². The standard InChI is InChI=1S/C14H14N4/c1-11-17-13-6-2-3-7-14(13)18(11)10-12(9-16)5-4-8-15/h2-3,6-7,12H,4-5,10H2,1H3/t12-/m1/s1. The summed E-state index contributed by atoms with van der Waals surface area (Å²) >= 11 is 0. The van der Waals surface area contributed by atoms with E-state index in [1.165, 1.54) is 0 Å². The number of para-hydroxylation sites is 2. The summed E-state index contributed by atoms with van der Waals surface area (Å²) in [7, 11) is 0. The minimum atomic E-state index is -0.138. The Bertz CT molecular complexity index is 627. The van der Waals surface area contributed by atoms with E-state index < -0.39 is 0 Å². The number of imidazole rings is 1. The van der Waals surface area contributed by atoms with Crippen molar-refractivity contribution in [2.75, 3.05) is 0 Å². The molecule has 0 bridgehead atoms. The predicted molar refractivity (Wildman–Crippen MR) is 68.4 cm³/mol. The highest BCUT2D eigenvalue weighted by atomic mass is 15.1. The number of nitriles is 2. The van der Waals surface area contributed by atoms with Crippen LogP contribution in [0.15, 0.2) is 24.3 Å². The summed E-state index contributed by atoms with van der Waals surface area (Å²) in [6, 6.07) is 12.3. The smallest absolute Gasteiger partial charge is 0.106 e. The van der Waals surface area contributed by atoms with Crippen LogP contribution in [0.4, 0.5) is 0 Å². The van der Waals surface area contributed by atoms with Crippen LogP contribution in [-0.4, -0.2) is 9.55 Å². The van der Waals surface area contributed by atoms with E-state index in [0.29, 0.717) is 19.4 Å². The van der Waals surface area contributed by atoms with Crippen molar-refractivity contribution < 1.29 is 0 Å². The third kappa shape index (κ3) is 2.33. The number of fused-ring (bicyclic) bond motifs is 1. The van der Waals surface area contributed by atoms with Crippen LogP contribution in [-0.2, 0) is 6.54 Å². The Kier molecular flexibility index (Phi) is 3.60. The lowest BCUT2D eigenvalue weighted by Crippen LogP contribution is -2.10. The van der Waals surface area contributed by atoms with Crippen LogP contribution in [0, 0.1) is 35.5 Å². The largest absolute Gasteiger partial charge is 0.327 e. The average molecular weight is 238 g/mol. The number of hydrogen-bond acceptors (Lipinski definition) is 3. The summed E-state index contributed by atoms with van der Waals surface area (Å²) < 4.78 is 2.06. The van der Waals surface area contributed by atoms with E-state index in [1.807, 2.05) is 31.2 Å². The summed E-state index contributed by atoms with van der Waals surface area (Å²) in [6.07, 6.45) is 1.03. The van der Waals surface area contributed by atoms with Gasteiger partial charge >= 0.3 is 0 Å². The first-order valence-corrected chi connectivity index (χ1v) is 5.94. The third-order valence-corrected chi connectivity index (χ3v) is 3.04. The molecule has 90 valence electrons. The molecule has 1 atom stereocenters. The van der Waals surface area contributed by atoms with Gasteiger partial charge in [-0.3, -0.25) is 0 Å². The lowest BCUT2D eigenvalue weighted by molar-refractivity contribution is 0.512. The number of aryl methyl sites for hydroxylation is 1. The summed E-state index contributed by atoms with van der Waals surface area (Å²) in [4.78, 5) is 4.47. The molecule has 0 radical (unpaired) electrons. The van der Waals surface area contributed by atoms with Crippen molar-refractivity contribution in [2.24, 2.45) is 5.92 Å². The molecule has 2 rings (SSSR count). The lowest BCUT2D eigenvalue weighted by Gasteiger charge is -2.10. The molecule has 2 aromatic rings. The number of hydrogen-bond donors (Lipinski definition) is 0. The highest BCUT2D eigenvalue weighted by molar-refractivity contribution is 5.75. The molecule has 4 nitrogen and oxygen atoms in total. The van der Waals surface area contributed by atoms with Gasteiger partial charge in [0.05, 0.1) is 29.1 Å². The SMILES string of the molecule is Cc1nc2ccccc2n1C[C@@H](C#N)CCC#N. The molecule has 0 saturated heterocycles. The van der Waals surface area contributed by atoms with E-state index in [0.717, 1.165) is 16.9 Å². The van der Waals surface area contributed by atoms with Gasteiger partial charge in [-0.15, -0.1) is 0 Å². The van der Waals surface area contributed by atoms with Crippen molar-refractivity contribution in [3.05, 3.63) is 30.1 Å². The molecule has 0 aliphatic heterocycles. The van der Waals surface area contributed by atoms with E-state index in [-0.39, 0.29) is 5.92 Å². The second-order valence-electron chi connectivity index (χ2n) is 4.28. The van der Waals surface area contributed by atoms with E-state index in [1.54, 1.807) is 0 Å². The zero-order valence-corrected chi connectivity index (χ0v) is 10.3. The summed E-state index contributed by atoms with van der Waals surface area (Å²) in [6.45, 7) is 2.54. The molecule has 1 aromatic carbocycles. The Hall–Kier alpha value is -2.33. The predicted octanol–water partition coefficient (Wildman–Crippen LogP) is 2.79. The summed E-state index contributed by atoms with van der Waals surface area (Å²) in [5.41, 5.74) is 2.00. The molecule has 18 heavy (non-hydrogen) atoms. The van der Waals surface area contributed by atoms with E-state index in [4.69, 9.17) is 10.5 Å². The maximum absolute atomic E-state index is 9.12. The molecule has 1 aromatic heterocycles. The molecular formula is C14H14N4. The first kappa shape index (κ1) is 12.1. The Labute approximate surface area is 106 Å². The zero-order valence-electron chi connectivity index (χ0n) is 10.3. The van der Waals surface area contributed by atoms with E-state index in [9.17, 15) is 0 Å². The van der Waals surface area contributed by atoms with Crippen LogP contribution in [0.2, 0.25) is 0 Å². The third-order valence-electron chi connectivity index (χ3n) is 3.04. The number of nitrogens with zero attached hydrogens (tertiary/aromatic N) is 4. The van der Waals surface area contributed by atoms with Crippen molar-refractivity contribution in [3.63, 3.8) is 0 Å². The van der Waals surface area contributed by atoms with Crippen LogP contribution in [0.5, 0.6) is 0 Å². The van der Waals surface area contributed by atoms with Gasteiger partial charge in [0.15, 0.2) is 0 Å². The van der Waals surface area contributed by atoms with Crippen LogP contribution in [0.3, 0.4) is 0 Å². The van der Waals surface area contributed by atoms with Gasteiger partial charge in [0.25, 0.3) is 0 Å². The minimum Gasteiger partial charge on any atom is -0.327 e. The van der Waals surface area contributed by atoms with Crippen molar-refractivity contribution in [3.8, 4) is 12.1 Å². The molecule has 4 heteroatoms. The van der Waals surface area contributed by atoms with E-state index in [2.05, 4.69) is 21.7 Å². The molecular weight excluding hydrogens is 224 g/mol. The number of benzene rings is 1. The van der Waals surface area contributed by atoms with Crippen molar-refractivity contribution in [2.45, 2.75) is 26.3 Å². The molecule has 1 heterocycles. The maximum atomic E-state index is 9.12. The quantitative estimate of drug-likeness (QED) is 0.822. The average Bonchev–Trinajstić information content (AvgIpc) is 2.70. The fraction of sp³-hybridized carbons (Fsp3) is 0.357. The Morgan fingerprint density at radius 3 is 2.83 bits per heavy atom. The highest BCUT2D eigenvalue weighted by Crippen LogP contribution is 2.18. The van der Waals surface area contributed by atoms with E-state index >= 15 is 0 Å². The molecule has 0 spiro atoms. The second-order valence-corrected chi connectivity index (χ2v) is 4.28. The van der Waals surface area contributed by atoms with Gasteiger partial charge in [0.2, 0.25) is 0 Å². The molecule has 0 aliphatic carbocycles. The van der Waals surface area contributed by atoms with Crippen LogP contribution >= 0.6 is 0 Å². The molecule has 0 N–H and O–H groups in total. The molecule has 0 saturated carbocycles. The normalized spacial score (nSPS) is 11.9. The van der Waals surface area contributed by atoms with Crippen molar-refractivity contribution >= 4 is 11.0 Å². The van der Waals surface area contributed by atoms with Crippen LogP contribution in [0.25, 0.3) is 11.0 Å². The second kappa shape index (κ2) is 5.33. The van der Waals surface area contributed by atoms with Gasteiger partial charge in [-0.25, -0.2) is 4.98 Å². The molecule has 0 amide bonds. The first-order chi connectivity index (χ1) is 8.76. The Morgan fingerprint density at radius 2 is 2.11 bits per heavy atom. The molecule has 0 fully saturated rings. The minimum absolute atomic E-state index is 0.138. The van der Waals surface area contributed by atoms with Gasteiger partial charge in [0.1, 0.15) is 5.82 Å². The topological polar surface area (TPSA) is 65.4 Å². The fourth-order valence-electron chi connectivity index (χ4n) is 2.08. The molecule has 0 unspecified atom stereocenters.